The number of guanidine groups is 1. The van der Waals surface area contributed by atoms with Gasteiger partial charge in [0.1, 0.15) is 0 Å². The van der Waals surface area contributed by atoms with Gasteiger partial charge < -0.3 is 15.4 Å². The van der Waals surface area contributed by atoms with E-state index in [2.05, 4.69) is 20.5 Å². The maximum Gasteiger partial charge on any atom is 0.191 e. The van der Waals surface area contributed by atoms with E-state index in [4.69, 9.17) is 4.74 Å². The van der Waals surface area contributed by atoms with Crippen molar-refractivity contribution in [2.24, 2.45) is 4.99 Å². The molecule has 0 radical (unpaired) electrons. The molecule has 0 amide bonds. The summed E-state index contributed by atoms with van der Waals surface area (Å²) in [7, 11) is -0.835. The van der Waals surface area contributed by atoms with Crippen molar-refractivity contribution in [3.8, 4) is 0 Å². The number of ether oxygens (including phenoxy) is 1. The van der Waals surface area contributed by atoms with Crippen molar-refractivity contribution < 1.29 is 8.95 Å². The summed E-state index contributed by atoms with van der Waals surface area (Å²) in [4.78, 5) is 6.95. The van der Waals surface area contributed by atoms with E-state index < -0.39 is 10.8 Å². The van der Waals surface area contributed by atoms with Crippen LogP contribution >= 0.6 is 0 Å². The lowest BCUT2D eigenvalue weighted by molar-refractivity contribution is 0.0394. The summed E-state index contributed by atoms with van der Waals surface area (Å²) in [5.41, 5.74) is 0. The Morgan fingerprint density at radius 1 is 1.27 bits per heavy atom. The van der Waals surface area contributed by atoms with Crippen LogP contribution in [0.1, 0.15) is 27.7 Å². The van der Waals surface area contributed by atoms with Gasteiger partial charge in [-0.25, -0.2) is 0 Å². The van der Waals surface area contributed by atoms with Crippen molar-refractivity contribution in [2.45, 2.75) is 32.4 Å². The summed E-state index contributed by atoms with van der Waals surface area (Å²) in [5, 5.41) is 6.49. The monoisotopic (exact) mass is 332 g/mol. The molecule has 6 nitrogen and oxygen atoms in total. The molecular formula is C15H32N4O2S. The van der Waals surface area contributed by atoms with E-state index in [1.807, 2.05) is 27.7 Å². The van der Waals surface area contributed by atoms with Gasteiger partial charge in [0.15, 0.2) is 5.96 Å². The molecule has 130 valence electrons. The van der Waals surface area contributed by atoms with Crippen molar-refractivity contribution >= 4 is 16.8 Å². The quantitative estimate of drug-likeness (QED) is 0.522. The van der Waals surface area contributed by atoms with Crippen LogP contribution in [0.5, 0.6) is 0 Å². The minimum absolute atomic E-state index is 0.159. The van der Waals surface area contributed by atoms with Gasteiger partial charge in [-0.05, 0) is 27.7 Å². The lowest BCUT2D eigenvalue weighted by Crippen LogP contribution is -2.41. The molecule has 1 rings (SSSR count). The third-order valence-electron chi connectivity index (χ3n) is 3.40. The van der Waals surface area contributed by atoms with Crippen LogP contribution in [-0.4, -0.2) is 78.1 Å². The van der Waals surface area contributed by atoms with Gasteiger partial charge in [0.25, 0.3) is 0 Å². The number of hydrogen-bond acceptors (Lipinski definition) is 4. The van der Waals surface area contributed by atoms with Crippen LogP contribution in [0.2, 0.25) is 0 Å². The molecule has 1 unspecified atom stereocenters. The Morgan fingerprint density at radius 3 is 2.55 bits per heavy atom. The lowest BCUT2D eigenvalue weighted by atomic mass is 10.3. The van der Waals surface area contributed by atoms with Crippen molar-refractivity contribution in [2.75, 3.05) is 58.2 Å². The molecule has 0 saturated carbocycles. The molecule has 1 heterocycles. The molecule has 1 fully saturated rings. The Bertz CT molecular complexity index is 363. The minimum Gasteiger partial charge on any atom is -0.379 e. The minimum atomic E-state index is -0.835. The van der Waals surface area contributed by atoms with E-state index in [-0.39, 0.29) is 4.75 Å². The highest BCUT2D eigenvalue weighted by atomic mass is 32.2. The van der Waals surface area contributed by atoms with Gasteiger partial charge in [-0.15, -0.1) is 0 Å². The van der Waals surface area contributed by atoms with E-state index in [9.17, 15) is 4.21 Å². The molecule has 1 atom stereocenters. The van der Waals surface area contributed by atoms with Gasteiger partial charge in [0.2, 0.25) is 0 Å². The summed E-state index contributed by atoms with van der Waals surface area (Å²) < 4.78 is 17.2. The van der Waals surface area contributed by atoms with E-state index in [0.717, 1.165) is 51.9 Å². The zero-order valence-corrected chi connectivity index (χ0v) is 15.3. The van der Waals surface area contributed by atoms with Crippen LogP contribution < -0.4 is 10.6 Å². The average Bonchev–Trinajstić information content (AvgIpc) is 2.47. The second-order valence-electron chi connectivity index (χ2n) is 6.30. The fraction of sp³-hybridized carbons (Fsp3) is 0.933. The summed E-state index contributed by atoms with van der Waals surface area (Å²) in [6.45, 7) is 14.9. The van der Waals surface area contributed by atoms with Crippen LogP contribution in [0.4, 0.5) is 0 Å². The van der Waals surface area contributed by atoms with Crippen LogP contribution in [0.25, 0.3) is 0 Å². The number of morpholine rings is 1. The first-order valence-corrected chi connectivity index (χ1v) is 9.46. The molecule has 2 N–H and O–H groups in total. The zero-order valence-electron chi connectivity index (χ0n) is 14.5. The number of hydrogen-bond donors (Lipinski definition) is 2. The molecule has 0 aliphatic carbocycles. The summed E-state index contributed by atoms with van der Waals surface area (Å²) in [6.07, 6.45) is 0. The second-order valence-corrected chi connectivity index (χ2v) is 8.63. The number of nitrogens with one attached hydrogen (secondary N) is 2. The molecular weight excluding hydrogens is 300 g/mol. The number of nitrogens with zero attached hydrogens (tertiary/aromatic N) is 2. The summed E-state index contributed by atoms with van der Waals surface area (Å²) in [5.74, 6) is 1.44. The average molecular weight is 333 g/mol. The fourth-order valence-electron chi connectivity index (χ4n) is 2.04. The van der Waals surface area contributed by atoms with Crippen LogP contribution in [-0.2, 0) is 15.5 Å². The summed E-state index contributed by atoms with van der Waals surface area (Å²) >= 11 is 0. The number of aliphatic imine (C=N–C) groups is 1. The van der Waals surface area contributed by atoms with Crippen LogP contribution in [0.3, 0.4) is 0 Å². The maximum atomic E-state index is 12.0. The molecule has 7 heteroatoms. The van der Waals surface area contributed by atoms with Gasteiger partial charge in [0, 0.05) is 54.0 Å². The molecule has 0 aromatic heterocycles. The SMILES string of the molecule is CCNC(=NCCN1CCOCC1)NCCS(=O)C(C)(C)C. The van der Waals surface area contributed by atoms with Crippen molar-refractivity contribution in [3.63, 3.8) is 0 Å². The molecule has 1 saturated heterocycles. The molecule has 0 aromatic carbocycles. The standard InChI is InChI=1S/C15H32N4O2S/c1-5-16-14(18-7-13-22(20)15(2,3)4)17-6-8-19-9-11-21-12-10-19/h5-13H2,1-4H3,(H2,16,17,18). The first kappa shape index (κ1) is 19.4. The van der Waals surface area contributed by atoms with Gasteiger partial charge >= 0.3 is 0 Å². The summed E-state index contributed by atoms with van der Waals surface area (Å²) in [6, 6.07) is 0. The van der Waals surface area contributed by atoms with Gasteiger partial charge in [-0.2, -0.15) is 0 Å². The zero-order chi connectivity index (χ0) is 16.4. The molecule has 0 aromatic rings. The largest absolute Gasteiger partial charge is 0.379 e. The first-order valence-electron chi connectivity index (χ1n) is 8.14. The maximum absolute atomic E-state index is 12.0. The molecule has 1 aliphatic heterocycles. The predicted molar refractivity (Wildman–Crippen MR) is 94.0 cm³/mol. The van der Waals surface area contributed by atoms with Crippen LogP contribution in [0.15, 0.2) is 4.99 Å². The van der Waals surface area contributed by atoms with Gasteiger partial charge in [0.05, 0.1) is 19.8 Å². The van der Waals surface area contributed by atoms with E-state index in [0.29, 0.717) is 12.3 Å². The Balaban J connectivity index is 2.30. The molecule has 0 bridgehead atoms. The van der Waals surface area contributed by atoms with E-state index in [1.165, 1.54) is 0 Å². The molecule has 22 heavy (non-hydrogen) atoms. The second kappa shape index (κ2) is 10.2. The normalized spacial score (nSPS) is 19.0. The Labute approximate surface area is 137 Å². The highest BCUT2D eigenvalue weighted by Gasteiger charge is 2.18. The highest BCUT2D eigenvalue weighted by Crippen LogP contribution is 2.10. The Hall–Kier alpha value is -0.660. The Kier molecular flexibility index (Phi) is 8.97. The van der Waals surface area contributed by atoms with Gasteiger partial charge in [-0.3, -0.25) is 14.1 Å². The van der Waals surface area contributed by atoms with Crippen molar-refractivity contribution in [1.82, 2.24) is 15.5 Å². The third-order valence-corrected chi connectivity index (χ3v) is 5.34. The third kappa shape index (κ3) is 8.10. The fourth-order valence-corrected chi connectivity index (χ4v) is 2.94. The topological polar surface area (TPSA) is 66.0 Å². The van der Waals surface area contributed by atoms with Crippen molar-refractivity contribution in [1.29, 1.82) is 0 Å². The Morgan fingerprint density at radius 2 is 1.95 bits per heavy atom. The van der Waals surface area contributed by atoms with E-state index >= 15 is 0 Å². The highest BCUT2D eigenvalue weighted by molar-refractivity contribution is 7.86. The number of rotatable bonds is 7. The molecule has 1 aliphatic rings. The first-order chi connectivity index (χ1) is 10.4. The predicted octanol–water partition coefficient (Wildman–Crippen LogP) is 0.421. The van der Waals surface area contributed by atoms with Crippen molar-refractivity contribution in [3.05, 3.63) is 0 Å². The van der Waals surface area contributed by atoms with Gasteiger partial charge in [-0.1, -0.05) is 0 Å². The van der Waals surface area contributed by atoms with E-state index in [1.54, 1.807) is 0 Å². The smallest absolute Gasteiger partial charge is 0.191 e. The molecule has 0 spiro atoms. The lowest BCUT2D eigenvalue weighted by Gasteiger charge is -2.25. The van der Waals surface area contributed by atoms with Crippen LogP contribution in [0, 0.1) is 0 Å².